The van der Waals surface area contributed by atoms with Gasteiger partial charge < -0.3 is 14.2 Å². The molecule has 0 bridgehead atoms. The molecule has 0 N–H and O–H groups in total. The average Bonchev–Trinajstić information content (AvgIpc) is 3.50. The van der Waals surface area contributed by atoms with Crippen LogP contribution in [0.3, 0.4) is 0 Å². The number of carbonyl (C=O) groups excluding carboxylic acids is 1. The zero-order valence-electron chi connectivity index (χ0n) is 17.6. The molecule has 1 aliphatic rings. The maximum atomic E-state index is 12.8. The molecular weight excluding hydrogens is 404 g/mol. The number of hydrogen-bond acceptors (Lipinski definition) is 6. The van der Waals surface area contributed by atoms with Gasteiger partial charge in [-0.25, -0.2) is 0 Å². The Morgan fingerprint density at radius 2 is 1.88 bits per heavy atom. The quantitative estimate of drug-likeness (QED) is 0.470. The number of nitrogens with zero attached hydrogens (tertiary/aromatic N) is 4. The predicted octanol–water partition coefficient (Wildman–Crippen LogP) is 4.40. The van der Waals surface area contributed by atoms with E-state index in [9.17, 15) is 4.79 Å². The molecule has 3 heterocycles. The largest absolute Gasteiger partial charge is 0.488 e. The number of ether oxygens (including phenoxy) is 1. The van der Waals surface area contributed by atoms with Crippen LogP contribution >= 0.6 is 0 Å². The van der Waals surface area contributed by atoms with Gasteiger partial charge in [-0.2, -0.15) is 4.98 Å². The van der Waals surface area contributed by atoms with Crippen molar-refractivity contribution in [2.75, 3.05) is 13.1 Å². The lowest BCUT2D eigenvalue weighted by molar-refractivity contribution is 0.0772. The van der Waals surface area contributed by atoms with Gasteiger partial charge in [-0.3, -0.25) is 9.78 Å². The third kappa shape index (κ3) is 4.09. The van der Waals surface area contributed by atoms with Crippen LogP contribution in [0, 0.1) is 6.92 Å². The molecule has 2 aromatic carbocycles. The van der Waals surface area contributed by atoms with Gasteiger partial charge in [0.15, 0.2) is 0 Å². The van der Waals surface area contributed by atoms with Crippen molar-refractivity contribution in [3.63, 3.8) is 0 Å². The summed E-state index contributed by atoms with van der Waals surface area (Å²) in [6.07, 6.45) is 2.26. The zero-order valence-corrected chi connectivity index (χ0v) is 17.6. The molecule has 160 valence electrons. The van der Waals surface area contributed by atoms with Gasteiger partial charge in [0.1, 0.15) is 11.9 Å². The number of likely N-dealkylation sites (tertiary alicyclic amines) is 1. The van der Waals surface area contributed by atoms with Crippen molar-refractivity contribution < 1.29 is 14.1 Å². The van der Waals surface area contributed by atoms with Gasteiger partial charge in [0, 0.05) is 30.4 Å². The zero-order chi connectivity index (χ0) is 21.9. The maximum Gasteiger partial charge on any atom is 0.262 e. The van der Waals surface area contributed by atoms with E-state index in [2.05, 4.69) is 15.1 Å². The molecule has 0 radical (unpaired) electrons. The number of pyridine rings is 1. The molecule has 1 aliphatic heterocycles. The second-order valence-corrected chi connectivity index (χ2v) is 7.75. The van der Waals surface area contributed by atoms with E-state index in [1.165, 1.54) is 0 Å². The Labute approximate surface area is 185 Å². The highest BCUT2D eigenvalue weighted by atomic mass is 16.5. The second-order valence-electron chi connectivity index (χ2n) is 7.75. The van der Waals surface area contributed by atoms with Crippen LogP contribution in [0.25, 0.3) is 22.8 Å². The number of aromatic nitrogens is 3. The summed E-state index contributed by atoms with van der Waals surface area (Å²) in [6.45, 7) is 3.05. The van der Waals surface area contributed by atoms with E-state index in [1.54, 1.807) is 11.1 Å². The van der Waals surface area contributed by atoms with Crippen molar-refractivity contribution in [2.24, 2.45) is 0 Å². The molecule has 7 nitrogen and oxygen atoms in total. The van der Waals surface area contributed by atoms with E-state index in [4.69, 9.17) is 9.26 Å². The Balaban J connectivity index is 1.31. The van der Waals surface area contributed by atoms with E-state index in [0.717, 1.165) is 23.2 Å². The van der Waals surface area contributed by atoms with Gasteiger partial charge in [0.25, 0.3) is 11.8 Å². The molecule has 0 saturated carbocycles. The average molecular weight is 426 g/mol. The summed E-state index contributed by atoms with van der Waals surface area (Å²) in [4.78, 5) is 23.4. The number of aryl methyl sites for hydroxylation is 1. The number of rotatable bonds is 5. The third-order valence-corrected chi connectivity index (χ3v) is 5.46. The van der Waals surface area contributed by atoms with Crippen LogP contribution in [0.5, 0.6) is 5.75 Å². The second kappa shape index (κ2) is 8.63. The molecule has 1 fully saturated rings. The van der Waals surface area contributed by atoms with Crippen molar-refractivity contribution in [2.45, 2.75) is 19.4 Å². The minimum atomic E-state index is -0.116. The number of hydrogen-bond donors (Lipinski definition) is 0. The van der Waals surface area contributed by atoms with E-state index < -0.39 is 0 Å². The molecule has 0 spiro atoms. The molecule has 2 aromatic heterocycles. The molecule has 1 atom stereocenters. The first-order valence-electron chi connectivity index (χ1n) is 10.5. The third-order valence-electron chi connectivity index (χ3n) is 5.46. The summed E-state index contributed by atoms with van der Waals surface area (Å²) in [6, 6.07) is 20.9. The first-order chi connectivity index (χ1) is 15.7. The lowest BCUT2D eigenvalue weighted by Gasteiger charge is -2.18. The van der Waals surface area contributed by atoms with Crippen LogP contribution in [-0.4, -0.2) is 45.1 Å². The number of carbonyl (C=O) groups is 1. The van der Waals surface area contributed by atoms with Gasteiger partial charge in [-0.15, -0.1) is 0 Å². The Hall–Kier alpha value is -4.00. The predicted molar refractivity (Wildman–Crippen MR) is 119 cm³/mol. The molecule has 32 heavy (non-hydrogen) atoms. The van der Waals surface area contributed by atoms with Crippen LogP contribution in [0.4, 0.5) is 0 Å². The fourth-order valence-corrected chi connectivity index (χ4v) is 3.75. The van der Waals surface area contributed by atoms with E-state index in [-0.39, 0.29) is 12.0 Å². The number of benzene rings is 2. The van der Waals surface area contributed by atoms with Crippen molar-refractivity contribution in [3.8, 4) is 28.6 Å². The van der Waals surface area contributed by atoms with Gasteiger partial charge in [-0.05, 0) is 31.2 Å². The van der Waals surface area contributed by atoms with E-state index >= 15 is 0 Å². The topological polar surface area (TPSA) is 81.4 Å². The molecule has 0 aliphatic carbocycles. The van der Waals surface area contributed by atoms with Crippen LogP contribution in [0.15, 0.2) is 77.4 Å². The van der Waals surface area contributed by atoms with Crippen molar-refractivity contribution in [1.29, 1.82) is 0 Å². The number of amides is 1. The Morgan fingerprint density at radius 3 is 2.69 bits per heavy atom. The minimum absolute atomic E-state index is 0.0266. The monoisotopic (exact) mass is 426 g/mol. The molecule has 1 amide bonds. The molecular formula is C25H22N4O3. The molecule has 1 saturated heterocycles. The fourth-order valence-electron chi connectivity index (χ4n) is 3.75. The Bertz CT molecular complexity index is 1220. The SMILES string of the molecule is Cc1ccc(C(=O)N2CCC(Oc3ccccc3-c3nc(-c4ccccc4)no3)C2)cn1. The first-order valence-corrected chi connectivity index (χ1v) is 10.5. The standard InChI is InChI=1S/C25H22N4O3/c1-17-11-12-19(15-26-17)25(30)29-14-13-20(16-29)31-22-10-6-5-9-21(22)24-27-23(28-32-24)18-7-3-2-4-8-18/h2-12,15,20H,13-14,16H2,1H3. The highest BCUT2D eigenvalue weighted by Gasteiger charge is 2.29. The minimum Gasteiger partial charge on any atom is -0.488 e. The van der Waals surface area contributed by atoms with Gasteiger partial charge in [0.2, 0.25) is 5.82 Å². The van der Waals surface area contributed by atoms with Crippen molar-refractivity contribution in [1.82, 2.24) is 20.0 Å². The molecule has 7 heteroatoms. The Kier molecular flexibility index (Phi) is 5.37. The van der Waals surface area contributed by atoms with Gasteiger partial charge in [0.05, 0.1) is 17.7 Å². The maximum absolute atomic E-state index is 12.8. The van der Waals surface area contributed by atoms with E-state index in [0.29, 0.717) is 36.1 Å². The summed E-state index contributed by atoms with van der Waals surface area (Å²) < 4.78 is 11.8. The highest BCUT2D eigenvalue weighted by molar-refractivity contribution is 5.94. The van der Waals surface area contributed by atoms with Gasteiger partial charge >= 0.3 is 0 Å². The van der Waals surface area contributed by atoms with Crippen molar-refractivity contribution >= 4 is 5.91 Å². The summed E-state index contributed by atoms with van der Waals surface area (Å²) in [5.74, 6) is 1.56. The molecule has 4 aromatic rings. The lowest BCUT2D eigenvalue weighted by Crippen LogP contribution is -2.31. The fraction of sp³-hybridized carbons (Fsp3) is 0.200. The smallest absolute Gasteiger partial charge is 0.262 e. The van der Waals surface area contributed by atoms with Gasteiger partial charge in [-0.1, -0.05) is 47.6 Å². The van der Waals surface area contributed by atoms with Crippen molar-refractivity contribution in [3.05, 3.63) is 84.2 Å². The van der Waals surface area contributed by atoms with Crippen LogP contribution < -0.4 is 4.74 Å². The molecule has 1 unspecified atom stereocenters. The van der Waals surface area contributed by atoms with Crippen LogP contribution in [-0.2, 0) is 0 Å². The highest BCUT2D eigenvalue weighted by Crippen LogP contribution is 2.32. The summed E-state index contributed by atoms with van der Waals surface area (Å²) in [5.41, 5.74) is 3.10. The Morgan fingerprint density at radius 1 is 1.06 bits per heavy atom. The summed E-state index contributed by atoms with van der Waals surface area (Å²) in [5, 5.41) is 4.11. The lowest BCUT2D eigenvalue weighted by atomic mass is 10.2. The first kappa shape index (κ1) is 19.9. The number of para-hydroxylation sites is 1. The van der Waals surface area contributed by atoms with Crippen LogP contribution in [0.2, 0.25) is 0 Å². The van der Waals surface area contributed by atoms with E-state index in [1.807, 2.05) is 73.7 Å². The summed E-state index contributed by atoms with van der Waals surface area (Å²) in [7, 11) is 0. The van der Waals surface area contributed by atoms with Crippen LogP contribution in [0.1, 0.15) is 22.5 Å². The molecule has 5 rings (SSSR count). The summed E-state index contributed by atoms with van der Waals surface area (Å²) >= 11 is 0. The normalized spacial score (nSPS) is 15.7.